The van der Waals surface area contributed by atoms with Crippen LogP contribution in [0.5, 0.6) is 0 Å². The molecule has 88 valence electrons. The van der Waals surface area contributed by atoms with E-state index in [9.17, 15) is 4.79 Å². The molecule has 0 fully saturated rings. The molecule has 0 spiro atoms. The van der Waals surface area contributed by atoms with E-state index in [0.29, 0.717) is 12.3 Å². The number of hydrogen-bond acceptors (Lipinski definition) is 3. The van der Waals surface area contributed by atoms with Crippen LogP contribution in [0.2, 0.25) is 0 Å². The van der Waals surface area contributed by atoms with E-state index in [1.165, 1.54) is 5.56 Å². The van der Waals surface area contributed by atoms with Crippen molar-refractivity contribution in [2.24, 2.45) is 5.73 Å². The SMILES string of the molecule is CCc1ccc(NC(=O)CSCCN)cc1. The van der Waals surface area contributed by atoms with Gasteiger partial charge in [-0.25, -0.2) is 0 Å². The molecule has 0 aliphatic carbocycles. The molecule has 0 atom stereocenters. The van der Waals surface area contributed by atoms with E-state index in [4.69, 9.17) is 5.73 Å². The maximum Gasteiger partial charge on any atom is 0.234 e. The molecule has 3 nitrogen and oxygen atoms in total. The lowest BCUT2D eigenvalue weighted by atomic mass is 10.1. The second-order valence-electron chi connectivity index (χ2n) is 3.44. The molecule has 0 bridgehead atoms. The van der Waals surface area contributed by atoms with Gasteiger partial charge in [-0.05, 0) is 24.1 Å². The van der Waals surface area contributed by atoms with E-state index in [2.05, 4.69) is 12.2 Å². The molecule has 1 rings (SSSR count). The van der Waals surface area contributed by atoms with Crippen molar-refractivity contribution in [3.63, 3.8) is 0 Å². The fraction of sp³-hybridized carbons (Fsp3) is 0.417. The van der Waals surface area contributed by atoms with Gasteiger partial charge in [-0.1, -0.05) is 19.1 Å². The Balaban J connectivity index is 2.37. The minimum atomic E-state index is 0.0303. The Bertz CT molecular complexity index is 324. The molecule has 0 saturated carbocycles. The Hall–Kier alpha value is -1.00. The molecule has 0 aliphatic rings. The van der Waals surface area contributed by atoms with Crippen LogP contribution in [0.25, 0.3) is 0 Å². The lowest BCUT2D eigenvalue weighted by molar-refractivity contribution is -0.113. The molecule has 1 aromatic rings. The molecular formula is C12H18N2OS. The molecule has 0 saturated heterocycles. The second kappa shape index (κ2) is 7.30. The van der Waals surface area contributed by atoms with Gasteiger partial charge in [-0.2, -0.15) is 11.8 Å². The third-order valence-electron chi connectivity index (χ3n) is 2.14. The summed E-state index contributed by atoms with van der Waals surface area (Å²) in [6.45, 7) is 2.72. The molecule has 0 radical (unpaired) electrons. The fourth-order valence-electron chi connectivity index (χ4n) is 1.27. The highest BCUT2D eigenvalue weighted by atomic mass is 32.2. The van der Waals surface area contributed by atoms with Crippen LogP contribution in [-0.2, 0) is 11.2 Å². The van der Waals surface area contributed by atoms with Crippen LogP contribution in [0.15, 0.2) is 24.3 Å². The summed E-state index contributed by atoms with van der Waals surface area (Å²) in [4.78, 5) is 11.5. The third-order valence-corrected chi connectivity index (χ3v) is 3.13. The number of aryl methyl sites for hydroxylation is 1. The monoisotopic (exact) mass is 238 g/mol. The number of nitrogens with one attached hydrogen (secondary N) is 1. The lowest BCUT2D eigenvalue weighted by Crippen LogP contribution is -2.15. The summed E-state index contributed by atoms with van der Waals surface area (Å²) in [7, 11) is 0. The summed E-state index contributed by atoms with van der Waals surface area (Å²) >= 11 is 1.55. The van der Waals surface area contributed by atoms with Crippen LogP contribution in [-0.4, -0.2) is 24.0 Å². The Kier molecular flexibility index (Phi) is 5.96. The Morgan fingerprint density at radius 1 is 1.38 bits per heavy atom. The van der Waals surface area contributed by atoms with Crippen molar-refractivity contribution in [2.45, 2.75) is 13.3 Å². The van der Waals surface area contributed by atoms with Gasteiger partial charge in [0.15, 0.2) is 0 Å². The molecule has 1 aromatic carbocycles. The molecule has 0 heterocycles. The van der Waals surface area contributed by atoms with Crippen molar-refractivity contribution in [3.05, 3.63) is 29.8 Å². The van der Waals surface area contributed by atoms with Gasteiger partial charge in [0.05, 0.1) is 5.75 Å². The normalized spacial score (nSPS) is 10.1. The van der Waals surface area contributed by atoms with Crippen LogP contribution in [0, 0.1) is 0 Å². The van der Waals surface area contributed by atoms with E-state index in [1.807, 2.05) is 24.3 Å². The first-order valence-electron chi connectivity index (χ1n) is 5.43. The predicted octanol–water partition coefficient (Wildman–Crippen LogP) is 1.88. The first kappa shape index (κ1) is 13.1. The number of benzene rings is 1. The minimum absolute atomic E-state index is 0.0303. The van der Waals surface area contributed by atoms with Crippen molar-refractivity contribution in [3.8, 4) is 0 Å². The van der Waals surface area contributed by atoms with Crippen molar-refractivity contribution < 1.29 is 4.79 Å². The van der Waals surface area contributed by atoms with Gasteiger partial charge in [0.2, 0.25) is 5.91 Å². The van der Waals surface area contributed by atoms with Crippen molar-refractivity contribution >= 4 is 23.4 Å². The molecule has 0 aliphatic heterocycles. The van der Waals surface area contributed by atoms with Crippen molar-refractivity contribution in [2.75, 3.05) is 23.4 Å². The molecule has 1 amide bonds. The number of nitrogens with two attached hydrogens (primary N) is 1. The van der Waals surface area contributed by atoms with Crippen LogP contribution < -0.4 is 11.1 Å². The summed E-state index contributed by atoms with van der Waals surface area (Å²) in [6, 6.07) is 7.93. The lowest BCUT2D eigenvalue weighted by Gasteiger charge is -2.05. The zero-order chi connectivity index (χ0) is 11.8. The first-order chi connectivity index (χ1) is 7.76. The number of anilines is 1. The number of carbonyl (C=O) groups is 1. The van der Waals surface area contributed by atoms with Crippen molar-refractivity contribution in [1.29, 1.82) is 0 Å². The third kappa shape index (κ3) is 4.68. The Morgan fingerprint density at radius 2 is 2.06 bits per heavy atom. The number of hydrogen-bond donors (Lipinski definition) is 2. The average molecular weight is 238 g/mol. The maximum absolute atomic E-state index is 11.5. The van der Waals surface area contributed by atoms with E-state index in [0.717, 1.165) is 17.9 Å². The molecular weight excluding hydrogens is 220 g/mol. The number of rotatable bonds is 6. The predicted molar refractivity (Wildman–Crippen MR) is 70.8 cm³/mol. The number of thioether (sulfide) groups is 1. The van der Waals surface area contributed by atoms with Gasteiger partial charge in [0.25, 0.3) is 0 Å². The summed E-state index contributed by atoms with van der Waals surface area (Å²) in [5.74, 6) is 1.32. The number of amides is 1. The minimum Gasteiger partial charge on any atom is -0.330 e. The van der Waals surface area contributed by atoms with Gasteiger partial charge in [0, 0.05) is 18.0 Å². The zero-order valence-electron chi connectivity index (χ0n) is 9.53. The van der Waals surface area contributed by atoms with Gasteiger partial charge < -0.3 is 11.1 Å². The van der Waals surface area contributed by atoms with Gasteiger partial charge in [0.1, 0.15) is 0 Å². The highest BCUT2D eigenvalue weighted by molar-refractivity contribution is 7.99. The van der Waals surface area contributed by atoms with E-state index < -0.39 is 0 Å². The van der Waals surface area contributed by atoms with Crippen molar-refractivity contribution in [1.82, 2.24) is 0 Å². The summed E-state index contributed by atoms with van der Waals surface area (Å²) in [6.07, 6.45) is 1.01. The maximum atomic E-state index is 11.5. The zero-order valence-corrected chi connectivity index (χ0v) is 10.3. The molecule has 4 heteroatoms. The summed E-state index contributed by atoms with van der Waals surface area (Å²) in [5, 5.41) is 2.85. The van der Waals surface area contributed by atoms with Crippen LogP contribution in [0.4, 0.5) is 5.69 Å². The van der Waals surface area contributed by atoms with Gasteiger partial charge in [-0.3, -0.25) is 4.79 Å². The second-order valence-corrected chi connectivity index (χ2v) is 4.55. The summed E-state index contributed by atoms with van der Waals surface area (Å²) in [5.41, 5.74) is 7.48. The van der Waals surface area contributed by atoms with E-state index in [1.54, 1.807) is 11.8 Å². The molecule has 3 N–H and O–H groups in total. The topological polar surface area (TPSA) is 55.1 Å². The van der Waals surface area contributed by atoms with E-state index >= 15 is 0 Å². The van der Waals surface area contributed by atoms with E-state index in [-0.39, 0.29) is 5.91 Å². The largest absolute Gasteiger partial charge is 0.330 e. The van der Waals surface area contributed by atoms with Gasteiger partial charge in [-0.15, -0.1) is 0 Å². The average Bonchev–Trinajstić information content (AvgIpc) is 2.30. The molecule has 16 heavy (non-hydrogen) atoms. The highest BCUT2D eigenvalue weighted by Gasteiger charge is 2.01. The first-order valence-corrected chi connectivity index (χ1v) is 6.58. The van der Waals surface area contributed by atoms with Crippen LogP contribution in [0.1, 0.15) is 12.5 Å². The Morgan fingerprint density at radius 3 is 2.62 bits per heavy atom. The smallest absolute Gasteiger partial charge is 0.234 e. The Labute approximate surface area is 101 Å². The standard InChI is InChI=1S/C12H18N2OS/c1-2-10-3-5-11(6-4-10)14-12(15)9-16-8-7-13/h3-6H,2,7-9,13H2,1H3,(H,14,15). The van der Waals surface area contributed by atoms with Crippen LogP contribution in [0.3, 0.4) is 0 Å². The quantitative estimate of drug-likeness (QED) is 0.744. The molecule has 0 aromatic heterocycles. The van der Waals surface area contributed by atoms with Gasteiger partial charge >= 0.3 is 0 Å². The van der Waals surface area contributed by atoms with Crippen LogP contribution >= 0.6 is 11.8 Å². The number of carbonyl (C=O) groups excluding carboxylic acids is 1. The molecule has 0 unspecified atom stereocenters. The fourth-order valence-corrected chi connectivity index (χ4v) is 1.84. The highest BCUT2D eigenvalue weighted by Crippen LogP contribution is 2.10. The summed E-state index contributed by atoms with van der Waals surface area (Å²) < 4.78 is 0.